The lowest BCUT2D eigenvalue weighted by molar-refractivity contribution is -0.127. The van der Waals surface area contributed by atoms with Crippen LogP contribution in [-0.4, -0.2) is 23.2 Å². The first-order valence-corrected chi connectivity index (χ1v) is 8.95. The Balaban J connectivity index is 1.74. The highest BCUT2D eigenvalue weighted by atomic mass is 32.1. The number of aromatic nitrogens is 1. The molecule has 0 unspecified atom stereocenters. The molecule has 5 nitrogen and oxygen atoms in total. The van der Waals surface area contributed by atoms with Gasteiger partial charge in [-0.05, 0) is 18.2 Å². The van der Waals surface area contributed by atoms with E-state index in [0.717, 1.165) is 17.4 Å². The zero-order valence-corrected chi connectivity index (χ0v) is 14.8. The van der Waals surface area contributed by atoms with Gasteiger partial charge in [0.25, 0.3) is 5.91 Å². The van der Waals surface area contributed by atoms with Crippen molar-refractivity contribution in [2.45, 2.75) is 12.6 Å². The molecule has 1 aliphatic rings. The topological polar surface area (TPSA) is 52.8 Å². The molecule has 2 heterocycles. The third kappa shape index (κ3) is 3.23. The summed E-state index contributed by atoms with van der Waals surface area (Å²) < 4.78 is 40.8. The maximum atomic E-state index is 14.2. The summed E-state index contributed by atoms with van der Waals surface area (Å²) >= 11 is 1.02. The largest absolute Gasteiger partial charge is 0.485 e. The van der Waals surface area contributed by atoms with E-state index < -0.39 is 23.6 Å². The van der Waals surface area contributed by atoms with Crippen LogP contribution in [0.25, 0.3) is 10.2 Å². The normalized spacial score (nSPS) is 16.5. The van der Waals surface area contributed by atoms with Crippen molar-refractivity contribution in [2.75, 3.05) is 6.61 Å². The quantitative estimate of drug-likeness (QED) is 0.646. The van der Waals surface area contributed by atoms with E-state index in [2.05, 4.69) is 11.6 Å². The van der Waals surface area contributed by atoms with Crippen LogP contribution in [0.1, 0.15) is 0 Å². The van der Waals surface area contributed by atoms with Crippen molar-refractivity contribution >= 4 is 27.5 Å². The number of para-hydroxylation sites is 2. The van der Waals surface area contributed by atoms with Crippen molar-refractivity contribution < 1.29 is 23.0 Å². The second-order valence-corrected chi connectivity index (χ2v) is 6.84. The summed E-state index contributed by atoms with van der Waals surface area (Å²) in [6.45, 7) is 3.88. The summed E-state index contributed by atoms with van der Waals surface area (Å²) in [6, 6.07) is 9.03. The van der Waals surface area contributed by atoms with E-state index in [1.165, 1.54) is 10.6 Å². The molecule has 0 spiro atoms. The fourth-order valence-corrected chi connectivity index (χ4v) is 3.90. The smallest absolute Gasteiger partial charge is 0.292 e. The third-order valence-corrected chi connectivity index (χ3v) is 5.02. The fourth-order valence-electron chi connectivity index (χ4n) is 2.82. The number of allylic oxidation sites excluding steroid dienone is 1. The minimum Gasteiger partial charge on any atom is -0.485 e. The molecule has 1 amide bonds. The number of nitrogens with zero attached hydrogens (tertiary/aromatic N) is 2. The lowest BCUT2D eigenvalue weighted by atomic mass is 10.2. The number of amides is 1. The Kier molecular flexibility index (Phi) is 4.49. The van der Waals surface area contributed by atoms with E-state index >= 15 is 0 Å². The van der Waals surface area contributed by atoms with Crippen molar-refractivity contribution in [3.05, 3.63) is 65.5 Å². The van der Waals surface area contributed by atoms with Gasteiger partial charge >= 0.3 is 0 Å². The first-order valence-electron chi connectivity index (χ1n) is 8.13. The lowest BCUT2D eigenvalue weighted by Crippen LogP contribution is -2.36. The van der Waals surface area contributed by atoms with Crippen LogP contribution in [0.15, 0.2) is 54.0 Å². The SMILES string of the molecule is C=CCn1c(=NC(=O)[C@H]2COc3ccccc3O2)sc2cc(F)cc(F)c21. The minimum atomic E-state index is -0.913. The highest BCUT2D eigenvalue weighted by Crippen LogP contribution is 2.31. The molecule has 4 rings (SSSR count). The standard InChI is InChI=1S/C19H14F2N2O3S/c1-2-7-23-17-12(21)8-11(20)9-16(17)27-19(23)22-18(24)15-10-25-13-5-3-4-6-14(13)26-15/h2-6,8-9,15H,1,7,10H2/t15-/m1/s1. The maximum absolute atomic E-state index is 14.2. The Hall–Kier alpha value is -3.00. The van der Waals surface area contributed by atoms with Gasteiger partial charge < -0.3 is 14.0 Å². The average Bonchev–Trinajstić information content (AvgIpc) is 2.98. The van der Waals surface area contributed by atoms with Crippen molar-refractivity contribution in [3.63, 3.8) is 0 Å². The minimum absolute atomic E-state index is 0.0225. The van der Waals surface area contributed by atoms with Crippen molar-refractivity contribution in [3.8, 4) is 11.5 Å². The molecule has 0 aliphatic carbocycles. The van der Waals surface area contributed by atoms with Gasteiger partial charge in [0.15, 0.2) is 22.1 Å². The molecule has 0 saturated heterocycles. The number of carbonyl (C=O) groups is 1. The summed E-state index contributed by atoms with van der Waals surface area (Å²) in [6.07, 6.45) is 0.637. The van der Waals surface area contributed by atoms with Gasteiger partial charge in [-0.2, -0.15) is 4.99 Å². The predicted molar refractivity (Wildman–Crippen MR) is 96.9 cm³/mol. The number of rotatable bonds is 3. The summed E-state index contributed by atoms with van der Waals surface area (Å²) in [7, 11) is 0. The van der Waals surface area contributed by atoms with E-state index in [0.29, 0.717) is 16.2 Å². The summed E-state index contributed by atoms with van der Waals surface area (Å²) in [4.78, 5) is 16.9. The lowest BCUT2D eigenvalue weighted by Gasteiger charge is -2.23. The van der Waals surface area contributed by atoms with Crippen LogP contribution in [0.5, 0.6) is 11.5 Å². The monoisotopic (exact) mass is 388 g/mol. The molecule has 0 N–H and O–H groups in total. The van der Waals surface area contributed by atoms with Gasteiger partial charge in [0, 0.05) is 12.6 Å². The Morgan fingerprint density at radius 2 is 2.11 bits per heavy atom. The van der Waals surface area contributed by atoms with Crippen LogP contribution in [-0.2, 0) is 11.3 Å². The Bertz CT molecular complexity index is 1120. The maximum Gasteiger partial charge on any atom is 0.292 e. The van der Waals surface area contributed by atoms with Crippen LogP contribution < -0.4 is 14.3 Å². The third-order valence-electron chi connectivity index (χ3n) is 4.00. The number of hydrogen-bond acceptors (Lipinski definition) is 4. The summed E-state index contributed by atoms with van der Waals surface area (Å²) in [5.74, 6) is -0.952. The number of halogens is 2. The number of fused-ring (bicyclic) bond motifs is 2. The van der Waals surface area contributed by atoms with Crippen LogP contribution in [0.3, 0.4) is 0 Å². The van der Waals surface area contributed by atoms with Crippen LogP contribution in [0.4, 0.5) is 8.78 Å². The Morgan fingerprint density at radius 1 is 1.33 bits per heavy atom. The van der Waals surface area contributed by atoms with Crippen LogP contribution >= 0.6 is 11.3 Å². The highest BCUT2D eigenvalue weighted by molar-refractivity contribution is 7.16. The van der Waals surface area contributed by atoms with Crippen LogP contribution in [0.2, 0.25) is 0 Å². The molecular weight excluding hydrogens is 374 g/mol. The van der Waals surface area contributed by atoms with E-state index in [-0.39, 0.29) is 23.5 Å². The van der Waals surface area contributed by atoms with Gasteiger partial charge in [-0.3, -0.25) is 4.79 Å². The molecule has 0 bridgehead atoms. The van der Waals surface area contributed by atoms with Gasteiger partial charge in [0.1, 0.15) is 12.4 Å². The van der Waals surface area contributed by atoms with Gasteiger partial charge in [-0.15, -0.1) is 6.58 Å². The Labute approximate surface area is 156 Å². The molecule has 1 atom stereocenters. The van der Waals surface area contributed by atoms with E-state index in [9.17, 15) is 13.6 Å². The van der Waals surface area contributed by atoms with Crippen molar-refractivity contribution in [1.29, 1.82) is 0 Å². The molecule has 1 aliphatic heterocycles. The molecule has 1 aromatic heterocycles. The fraction of sp³-hybridized carbons (Fsp3) is 0.158. The average molecular weight is 388 g/mol. The zero-order valence-electron chi connectivity index (χ0n) is 14.0. The molecule has 27 heavy (non-hydrogen) atoms. The Morgan fingerprint density at radius 3 is 2.89 bits per heavy atom. The number of hydrogen-bond donors (Lipinski definition) is 0. The number of carbonyl (C=O) groups excluding carboxylic acids is 1. The number of benzene rings is 2. The summed E-state index contributed by atoms with van der Waals surface area (Å²) in [5.41, 5.74) is 0.180. The van der Waals surface area contributed by atoms with E-state index in [1.54, 1.807) is 30.3 Å². The predicted octanol–water partition coefficient (Wildman–Crippen LogP) is 3.43. The molecule has 0 saturated carbocycles. The van der Waals surface area contributed by atoms with Gasteiger partial charge in [0.2, 0.25) is 6.10 Å². The molecule has 2 aromatic carbocycles. The second kappa shape index (κ2) is 6.96. The molecule has 8 heteroatoms. The second-order valence-electron chi connectivity index (χ2n) is 5.83. The number of ether oxygens (including phenoxy) is 2. The number of thiazole rings is 1. The van der Waals surface area contributed by atoms with Gasteiger partial charge in [-0.1, -0.05) is 29.5 Å². The first kappa shape index (κ1) is 17.4. The van der Waals surface area contributed by atoms with Crippen molar-refractivity contribution in [1.82, 2.24) is 4.57 Å². The molecule has 138 valence electrons. The van der Waals surface area contributed by atoms with Crippen LogP contribution in [0, 0.1) is 11.6 Å². The summed E-state index contributed by atoms with van der Waals surface area (Å²) in [5, 5.41) is 0. The van der Waals surface area contributed by atoms with Gasteiger partial charge in [-0.25, -0.2) is 8.78 Å². The zero-order chi connectivity index (χ0) is 19.0. The molecule has 3 aromatic rings. The molecular formula is C19H14F2N2O3S. The molecule has 0 fully saturated rings. The van der Waals surface area contributed by atoms with Crippen molar-refractivity contribution in [2.24, 2.45) is 4.99 Å². The van der Waals surface area contributed by atoms with E-state index in [1.807, 2.05) is 0 Å². The molecule has 0 radical (unpaired) electrons. The highest BCUT2D eigenvalue weighted by Gasteiger charge is 2.27. The first-order chi connectivity index (χ1) is 13.1. The van der Waals surface area contributed by atoms with Gasteiger partial charge in [0.05, 0.1) is 10.2 Å². The van der Waals surface area contributed by atoms with E-state index in [4.69, 9.17) is 9.47 Å².